The van der Waals surface area contributed by atoms with Crippen molar-refractivity contribution in [3.8, 4) is 0 Å². The van der Waals surface area contributed by atoms with Gasteiger partial charge in [0, 0.05) is 25.6 Å². The van der Waals surface area contributed by atoms with Gasteiger partial charge in [-0.2, -0.15) is 0 Å². The highest BCUT2D eigenvalue weighted by Gasteiger charge is 2.23. The molecule has 1 aliphatic rings. The smallest absolute Gasteiger partial charge is 0.221 e. The Hall–Kier alpha value is -0.610. The summed E-state index contributed by atoms with van der Waals surface area (Å²) in [6.07, 6.45) is 3.95. The molecule has 1 rings (SSSR count). The molecule has 0 atom stereocenters. The van der Waals surface area contributed by atoms with E-state index in [2.05, 4.69) is 24.1 Å². The SMILES string of the molecule is CC(C)CN(CCCN)CCC(=O)NC1CC1. The Labute approximate surface area is 105 Å². The standard InChI is InChI=1S/C13H27N3O/c1-11(2)10-16(8-3-7-14)9-6-13(17)15-12-4-5-12/h11-12H,3-10,14H2,1-2H3,(H,15,17). The summed E-state index contributed by atoms with van der Waals surface area (Å²) in [5, 5.41) is 3.03. The second kappa shape index (κ2) is 7.67. The molecular weight excluding hydrogens is 214 g/mol. The van der Waals surface area contributed by atoms with Crippen molar-refractivity contribution in [1.82, 2.24) is 10.2 Å². The van der Waals surface area contributed by atoms with Gasteiger partial charge in [0.15, 0.2) is 0 Å². The first kappa shape index (κ1) is 14.5. The van der Waals surface area contributed by atoms with E-state index in [1.807, 2.05) is 0 Å². The summed E-state index contributed by atoms with van der Waals surface area (Å²) in [4.78, 5) is 13.9. The first-order valence-electron chi connectivity index (χ1n) is 6.83. The third-order valence-corrected chi connectivity index (χ3v) is 2.90. The monoisotopic (exact) mass is 241 g/mol. The lowest BCUT2D eigenvalue weighted by molar-refractivity contribution is -0.121. The van der Waals surface area contributed by atoms with E-state index in [-0.39, 0.29) is 5.91 Å². The second-order valence-electron chi connectivity index (χ2n) is 5.43. The van der Waals surface area contributed by atoms with Crippen LogP contribution in [0.4, 0.5) is 0 Å². The summed E-state index contributed by atoms with van der Waals surface area (Å²) in [6, 6.07) is 0.477. The van der Waals surface area contributed by atoms with Crippen molar-refractivity contribution in [2.24, 2.45) is 11.7 Å². The number of amides is 1. The number of nitrogens with two attached hydrogens (primary N) is 1. The summed E-state index contributed by atoms with van der Waals surface area (Å²) in [5.74, 6) is 0.841. The molecule has 4 nitrogen and oxygen atoms in total. The van der Waals surface area contributed by atoms with E-state index >= 15 is 0 Å². The van der Waals surface area contributed by atoms with Gasteiger partial charge < -0.3 is 16.0 Å². The molecule has 0 unspecified atom stereocenters. The molecule has 0 radical (unpaired) electrons. The normalized spacial score (nSPS) is 15.6. The minimum atomic E-state index is 0.203. The van der Waals surface area contributed by atoms with E-state index in [0.29, 0.717) is 18.4 Å². The van der Waals surface area contributed by atoms with Gasteiger partial charge in [-0.05, 0) is 38.3 Å². The van der Waals surface area contributed by atoms with Gasteiger partial charge in [0.05, 0.1) is 0 Å². The molecule has 0 heterocycles. The fourth-order valence-electron chi connectivity index (χ4n) is 1.91. The molecule has 1 aliphatic carbocycles. The first-order chi connectivity index (χ1) is 8.11. The van der Waals surface area contributed by atoms with Crippen LogP contribution in [0.5, 0.6) is 0 Å². The summed E-state index contributed by atoms with van der Waals surface area (Å²) in [7, 11) is 0. The maximum absolute atomic E-state index is 11.6. The van der Waals surface area contributed by atoms with E-state index in [1.54, 1.807) is 0 Å². The maximum atomic E-state index is 11.6. The van der Waals surface area contributed by atoms with Gasteiger partial charge in [-0.1, -0.05) is 13.8 Å². The van der Waals surface area contributed by atoms with Crippen LogP contribution in [-0.2, 0) is 4.79 Å². The Morgan fingerprint density at radius 3 is 2.65 bits per heavy atom. The number of carbonyl (C=O) groups is 1. The number of hydrogen-bond acceptors (Lipinski definition) is 3. The van der Waals surface area contributed by atoms with E-state index in [9.17, 15) is 4.79 Å². The molecule has 0 aromatic carbocycles. The van der Waals surface area contributed by atoms with E-state index in [1.165, 1.54) is 0 Å². The predicted molar refractivity (Wildman–Crippen MR) is 70.7 cm³/mol. The van der Waals surface area contributed by atoms with Crippen molar-refractivity contribution < 1.29 is 4.79 Å². The molecule has 0 aromatic heterocycles. The Morgan fingerprint density at radius 1 is 1.41 bits per heavy atom. The number of hydrogen-bond donors (Lipinski definition) is 2. The Balaban J connectivity index is 2.18. The molecular formula is C13H27N3O. The molecule has 1 fully saturated rings. The van der Waals surface area contributed by atoms with Crippen molar-refractivity contribution in [1.29, 1.82) is 0 Å². The van der Waals surface area contributed by atoms with Crippen LogP contribution in [0.25, 0.3) is 0 Å². The van der Waals surface area contributed by atoms with E-state index in [0.717, 1.165) is 45.4 Å². The fourth-order valence-corrected chi connectivity index (χ4v) is 1.91. The first-order valence-corrected chi connectivity index (χ1v) is 6.83. The summed E-state index contributed by atoms with van der Waals surface area (Å²) >= 11 is 0. The van der Waals surface area contributed by atoms with Crippen molar-refractivity contribution in [3.05, 3.63) is 0 Å². The molecule has 17 heavy (non-hydrogen) atoms. The molecule has 0 spiro atoms. The zero-order valence-electron chi connectivity index (χ0n) is 11.2. The highest BCUT2D eigenvalue weighted by atomic mass is 16.1. The highest BCUT2D eigenvalue weighted by Crippen LogP contribution is 2.18. The Kier molecular flexibility index (Phi) is 6.52. The predicted octanol–water partition coefficient (Wildman–Crippen LogP) is 0.962. The van der Waals surface area contributed by atoms with Gasteiger partial charge in [0.2, 0.25) is 5.91 Å². The number of carbonyl (C=O) groups excluding carboxylic acids is 1. The van der Waals surface area contributed by atoms with Crippen molar-refractivity contribution >= 4 is 5.91 Å². The minimum absolute atomic E-state index is 0.203. The van der Waals surface area contributed by atoms with Crippen molar-refractivity contribution in [2.75, 3.05) is 26.2 Å². The van der Waals surface area contributed by atoms with Crippen molar-refractivity contribution in [3.63, 3.8) is 0 Å². The van der Waals surface area contributed by atoms with E-state index in [4.69, 9.17) is 5.73 Å². The van der Waals surface area contributed by atoms with Crippen LogP contribution in [0.3, 0.4) is 0 Å². The molecule has 4 heteroatoms. The zero-order valence-corrected chi connectivity index (χ0v) is 11.2. The van der Waals surface area contributed by atoms with Gasteiger partial charge >= 0.3 is 0 Å². The van der Waals surface area contributed by atoms with Gasteiger partial charge in [-0.15, -0.1) is 0 Å². The number of rotatable bonds is 9. The van der Waals surface area contributed by atoms with Gasteiger partial charge in [0.1, 0.15) is 0 Å². The molecule has 0 aromatic rings. The van der Waals surface area contributed by atoms with E-state index < -0.39 is 0 Å². The molecule has 0 saturated heterocycles. The maximum Gasteiger partial charge on any atom is 0.221 e. The summed E-state index contributed by atoms with van der Waals surface area (Å²) in [6.45, 7) is 8.06. The van der Waals surface area contributed by atoms with Crippen LogP contribution in [0.1, 0.15) is 39.5 Å². The lowest BCUT2D eigenvalue weighted by Gasteiger charge is -2.23. The lowest BCUT2D eigenvalue weighted by Crippen LogP contribution is -2.35. The molecule has 1 amide bonds. The zero-order chi connectivity index (χ0) is 12.7. The van der Waals surface area contributed by atoms with Crippen molar-refractivity contribution in [2.45, 2.75) is 45.6 Å². The highest BCUT2D eigenvalue weighted by molar-refractivity contribution is 5.76. The summed E-state index contributed by atoms with van der Waals surface area (Å²) in [5.41, 5.74) is 5.53. The van der Waals surface area contributed by atoms with Crippen LogP contribution in [0, 0.1) is 5.92 Å². The third kappa shape index (κ3) is 7.34. The van der Waals surface area contributed by atoms with Crippen LogP contribution in [0.2, 0.25) is 0 Å². The van der Waals surface area contributed by atoms with Crippen LogP contribution in [0.15, 0.2) is 0 Å². The topological polar surface area (TPSA) is 58.4 Å². The van der Waals surface area contributed by atoms with Crippen LogP contribution < -0.4 is 11.1 Å². The quantitative estimate of drug-likeness (QED) is 0.632. The molecule has 0 bridgehead atoms. The number of nitrogens with zero attached hydrogens (tertiary/aromatic N) is 1. The summed E-state index contributed by atoms with van der Waals surface area (Å²) < 4.78 is 0. The second-order valence-corrected chi connectivity index (χ2v) is 5.43. The molecule has 1 saturated carbocycles. The van der Waals surface area contributed by atoms with Crippen LogP contribution in [-0.4, -0.2) is 43.0 Å². The molecule has 100 valence electrons. The number of nitrogens with one attached hydrogen (secondary N) is 1. The van der Waals surface area contributed by atoms with Gasteiger partial charge in [-0.25, -0.2) is 0 Å². The van der Waals surface area contributed by atoms with Crippen LogP contribution >= 0.6 is 0 Å². The molecule has 0 aliphatic heterocycles. The largest absolute Gasteiger partial charge is 0.353 e. The third-order valence-electron chi connectivity index (χ3n) is 2.90. The average Bonchev–Trinajstić information content (AvgIpc) is 3.05. The molecule has 3 N–H and O–H groups in total. The van der Waals surface area contributed by atoms with Gasteiger partial charge in [-0.3, -0.25) is 4.79 Å². The average molecular weight is 241 g/mol. The Morgan fingerprint density at radius 2 is 2.12 bits per heavy atom. The minimum Gasteiger partial charge on any atom is -0.353 e. The lowest BCUT2D eigenvalue weighted by atomic mass is 10.2. The Bertz CT molecular complexity index is 227. The van der Waals surface area contributed by atoms with Gasteiger partial charge in [0.25, 0.3) is 0 Å². The fraction of sp³-hybridized carbons (Fsp3) is 0.923.